The number of aromatic nitrogens is 4. The summed E-state index contributed by atoms with van der Waals surface area (Å²) in [5, 5.41) is 13.4. The summed E-state index contributed by atoms with van der Waals surface area (Å²) in [5.41, 5.74) is -1.03. The SMILES string of the molecule is Cc1cc(Nc2cc(N3CCC(N4CCOCC4)CC3)nc(Sc3ccc(NC(=O)C4(C(F)(F)F)CC4)cc3)n2)n[nH]1. The lowest BCUT2D eigenvalue weighted by Gasteiger charge is -2.40. The Balaban J connectivity index is 1.16. The molecule has 0 unspecified atom stereocenters. The van der Waals surface area contributed by atoms with Crippen LogP contribution >= 0.6 is 11.8 Å². The Morgan fingerprint density at radius 3 is 2.38 bits per heavy atom. The van der Waals surface area contributed by atoms with Crippen LogP contribution in [0.1, 0.15) is 31.4 Å². The number of alkyl halides is 3. The number of aryl methyl sites for hydroxylation is 1. The molecule has 0 bridgehead atoms. The predicted molar refractivity (Wildman–Crippen MR) is 153 cm³/mol. The predicted octanol–water partition coefficient (Wildman–Crippen LogP) is 4.98. The maximum absolute atomic E-state index is 13.3. The monoisotopic (exact) mass is 602 g/mol. The molecule has 6 rings (SSSR count). The largest absolute Gasteiger partial charge is 0.403 e. The van der Waals surface area contributed by atoms with E-state index in [1.165, 1.54) is 11.8 Å². The summed E-state index contributed by atoms with van der Waals surface area (Å²) >= 11 is 1.34. The van der Waals surface area contributed by atoms with Crippen LogP contribution in [0.3, 0.4) is 0 Å². The summed E-state index contributed by atoms with van der Waals surface area (Å²) in [6.45, 7) is 7.19. The van der Waals surface area contributed by atoms with Gasteiger partial charge in [-0.05, 0) is 68.6 Å². The summed E-state index contributed by atoms with van der Waals surface area (Å²) in [4.78, 5) is 27.5. The number of nitrogens with one attached hydrogen (secondary N) is 3. The number of carbonyl (C=O) groups excluding carboxylic acids is 1. The molecular weight excluding hydrogens is 569 g/mol. The molecule has 1 aliphatic carbocycles. The fourth-order valence-corrected chi connectivity index (χ4v) is 6.19. The molecule has 2 aliphatic heterocycles. The van der Waals surface area contributed by atoms with E-state index in [9.17, 15) is 18.0 Å². The Morgan fingerprint density at radius 1 is 1.05 bits per heavy atom. The topological polar surface area (TPSA) is 111 Å². The minimum absolute atomic E-state index is 0.178. The van der Waals surface area contributed by atoms with E-state index in [0.29, 0.717) is 28.5 Å². The summed E-state index contributed by atoms with van der Waals surface area (Å²) < 4.78 is 45.4. The molecule has 14 heteroatoms. The van der Waals surface area contributed by atoms with Crippen LogP contribution in [0.15, 0.2) is 46.5 Å². The number of halogens is 3. The Hall–Kier alpha value is -3.36. The molecule has 4 heterocycles. The van der Waals surface area contributed by atoms with Crippen molar-refractivity contribution in [1.29, 1.82) is 0 Å². The molecule has 3 fully saturated rings. The van der Waals surface area contributed by atoms with Gasteiger partial charge in [-0.25, -0.2) is 9.97 Å². The van der Waals surface area contributed by atoms with Crippen LogP contribution < -0.4 is 15.5 Å². The van der Waals surface area contributed by atoms with Crippen molar-refractivity contribution in [3.63, 3.8) is 0 Å². The normalized spacial score (nSPS) is 19.5. The molecule has 3 aromatic rings. The van der Waals surface area contributed by atoms with Gasteiger partial charge < -0.3 is 20.3 Å². The number of aromatic amines is 1. The number of ether oxygens (including phenoxy) is 1. The zero-order chi connectivity index (χ0) is 29.3. The molecule has 1 saturated carbocycles. The van der Waals surface area contributed by atoms with Crippen molar-refractivity contribution in [2.75, 3.05) is 54.9 Å². The number of rotatable bonds is 8. The van der Waals surface area contributed by atoms with Crippen LogP contribution in [0.4, 0.5) is 36.3 Å². The standard InChI is InChI=1S/C28H33F3N8O2S/c1-18-16-23(37-36-18)33-22-17-24(39-10-6-20(7-11-39)38-12-14-41-15-13-38)35-26(34-22)42-21-4-2-19(3-5-21)32-25(40)27(8-9-27)28(29,30)31/h2-5,16-17,20H,6-15H2,1H3,(H,32,40)(H2,33,34,35,36,37). The fourth-order valence-electron chi connectivity index (χ4n) is 5.43. The number of H-pyrrole nitrogens is 1. The van der Waals surface area contributed by atoms with Crippen molar-refractivity contribution in [1.82, 2.24) is 25.1 Å². The van der Waals surface area contributed by atoms with E-state index in [1.54, 1.807) is 24.3 Å². The Bertz CT molecular complexity index is 1400. The van der Waals surface area contributed by atoms with E-state index >= 15 is 0 Å². The van der Waals surface area contributed by atoms with Gasteiger partial charge in [0.1, 0.15) is 17.1 Å². The number of hydrogen-bond donors (Lipinski definition) is 3. The molecule has 0 atom stereocenters. The Labute approximate surface area is 245 Å². The van der Waals surface area contributed by atoms with Gasteiger partial charge in [-0.15, -0.1) is 0 Å². The quantitative estimate of drug-likeness (QED) is 0.307. The van der Waals surface area contributed by atoms with E-state index in [1.807, 2.05) is 19.1 Å². The lowest BCUT2D eigenvalue weighted by atomic mass is 10.0. The van der Waals surface area contributed by atoms with Crippen molar-refractivity contribution in [3.05, 3.63) is 42.1 Å². The number of carbonyl (C=O) groups is 1. The highest BCUT2D eigenvalue weighted by Crippen LogP contribution is 2.58. The molecule has 2 saturated heterocycles. The highest BCUT2D eigenvalue weighted by molar-refractivity contribution is 7.99. The molecule has 42 heavy (non-hydrogen) atoms. The molecule has 3 aliphatic rings. The number of hydrogen-bond acceptors (Lipinski definition) is 9. The third kappa shape index (κ3) is 6.35. The number of morpholine rings is 1. The van der Waals surface area contributed by atoms with E-state index in [2.05, 4.69) is 30.6 Å². The van der Waals surface area contributed by atoms with Gasteiger partial charge in [0.25, 0.3) is 0 Å². The first-order valence-electron chi connectivity index (χ1n) is 14.1. The van der Waals surface area contributed by atoms with Gasteiger partial charge in [-0.2, -0.15) is 18.3 Å². The van der Waals surface area contributed by atoms with E-state index < -0.39 is 17.5 Å². The summed E-state index contributed by atoms with van der Waals surface area (Å²) in [5.74, 6) is 1.06. The summed E-state index contributed by atoms with van der Waals surface area (Å²) in [6, 6.07) is 11.0. The zero-order valence-corrected chi connectivity index (χ0v) is 24.0. The van der Waals surface area contributed by atoms with Crippen molar-refractivity contribution >= 4 is 40.8 Å². The molecule has 0 spiro atoms. The number of anilines is 4. The van der Waals surface area contributed by atoms with Gasteiger partial charge in [0.2, 0.25) is 5.91 Å². The van der Waals surface area contributed by atoms with E-state index in [-0.39, 0.29) is 12.8 Å². The first-order chi connectivity index (χ1) is 20.2. The van der Waals surface area contributed by atoms with Crippen molar-refractivity contribution in [3.8, 4) is 0 Å². The second-order valence-electron chi connectivity index (χ2n) is 11.0. The van der Waals surface area contributed by atoms with Crippen LogP contribution in [0.5, 0.6) is 0 Å². The minimum atomic E-state index is -4.55. The van der Waals surface area contributed by atoms with Gasteiger partial charge in [0.05, 0.1) is 13.2 Å². The third-order valence-electron chi connectivity index (χ3n) is 8.05. The maximum Gasteiger partial charge on any atom is 0.403 e. The Morgan fingerprint density at radius 2 is 1.76 bits per heavy atom. The molecule has 2 aromatic heterocycles. The lowest BCUT2D eigenvalue weighted by molar-refractivity contribution is -0.189. The van der Waals surface area contributed by atoms with Crippen LogP contribution in [0, 0.1) is 12.3 Å². The average molecular weight is 603 g/mol. The highest BCUT2D eigenvalue weighted by atomic mass is 32.2. The minimum Gasteiger partial charge on any atom is -0.379 e. The molecule has 224 valence electrons. The highest BCUT2D eigenvalue weighted by Gasteiger charge is 2.68. The fraction of sp³-hybridized carbons (Fsp3) is 0.500. The number of nitrogens with zero attached hydrogens (tertiary/aromatic N) is 5. The van der Waals surface area contributed by atoms with Crippen molar-refractivity contribution in [2.24, 2.45) is 5.41 Å². The van der Waals surface area contributed by atoms with Crippen LogP contribution in [-0.2, 0) is 9.53 Å². The smallest absolute Gasteiger partial charge is 0.379 e. The van der Waals surface area contributed by atoms with Gasteiger partial charge in [0.15, 0.2) is 11.0 Å². The molecule has 3 N–H and O–H groups in total. The number of benzene rings is 1. The van der Waals surface area contributed by atoms with Crippen molar-refractivity contribution in [2.45, 2.75) is 54.9 Å². The third-order valence-corrected chi connectivity index (χ3v) is 8.93. The number of amides is 1. The summed E-state index contributed by atoms with van der Waals surface area (Å²) in [6.07, 6.45) is -2.83. The molecule has 1 aromatic carbocycles. The molecule has 0 radical (unpaired) electrons. The second-order valence-corrected chi connectivity index (χ2v) is 12.0. The Kier molecular flexibility index (Phi) is 8.03. The molecule has 1 amide bonds. The van der Waals surface area contributed by atoms with Gasteiger partial charge >= 0.3 is 6.18 Å². The van der Waals surface area contributed by atoms with E-state index in [4.69, 9.17) is 14.7 Å². The van der Waals surface area contributed by atoms with E-state index in [0.717, 1.165) is 68.6 Å². The summed E-state index contributed by atoms with van der Waals surface area (Å²) in [7, 11) is 0. The lowest BCUT2D eigenvalue weighted by Crippen LogP contribution is -2.49. The van der Waals surface area contributed by atoms with Gasteiger partial charge in [-0.1, -0.05) is 0 Å². The van der Waals surface area contributed by atoms with Crippen LogP contribution in [0.2, 0.25) is 0 Å². The second kappa shape index (κ2) is 11.7. The van der Waals surface area contributed by atoms with Crippen molar-refractivity contribution < 1.29 is 22.7 Å². The molecular formula is C28H33F3N8O2S. The zero-order valence-electron chi connectivity index (χ0n) is 23.2. The first-order valence-corrected chi connectivity index (χ1v) is 14.9. The van der Waals surface area contributed by atoms with Crippen LogP contribution in [0.25, 0.3) is 0 Å². The first kappa shape index (κ1) is 28.7. The average Bonchev–Trinajstić information content (AvgIpc) is 3.72. The molecule has 10 nitrogen and oxygen atoms in total. The maximum atomic E-state index is 13.3. The number of piperidine rings is 1. The van der Waals surface area contributed by atoms with Gasteiger partial charge in [0, 0.05) is 60.6 Å². The van der Waals surface area contributed by atoms with Gasteiger partial charge in [-0.3, -0.25) is 14.8 Å². The van der Waals surface area contributed by atoms with Crippen LogP contribution in [-0.4, -0.2) is 82.6 Å².